The average Bonchev–Trinajstić information content (AvgIpc) is 2.32. The first kappa shape index (κ1) is 14.6. The normalized spacial score (nSPS) is 19.4. The summed E-state index contributed by atoms with van der Waals surface area (Å²) < 4.78 is 40.1. The van der Waals surface area contributed by atoms with Crippen molar-refractivity contribution in [1.29, 1.82) is 0 Å². The summed E-state index contributed by atoms with van der Waals surface area (Å²) in [4.78, 5) is 1.48. The van der Waals surface area contributed by atoms with E-state index in [2.05, 4.69) is 5.32 Å². The number of nitrogens with one attached hydrogen (secondary N) is 1. The third-order valence-corrected chi connectivity index (χ3v) is 3.59. The monoisotopic (exact) mass is 292 g/mol. The Kier molecular flexibility index (Phi) is 4.38. The van der Waals surface area contributed by atoms with Gasteiger partial charge in [0.1, 0.15) is 6.04 Å². The van der Waals surface area contributed by atoms with Gasteiger partial charge in [0, 0.05) is 31.2 Å². The Labute approximate surface area is 115 Å². The Hall–Kier alpha value is -0.780. The first-order chi connectivity index (χ1) is 8.89. The second-order valence-corrected chi connectivity index (χ2v) is 5.17. The highest BCUT2D eigenvalue weighted by atomic mass is 35.5. The Bertz CT molecular complexity index is 442. The fourth-order valence-corrected chi connectivity index (χ4v) is 2.69. The highest BCUT2D eigenvalue weighted by molar-refractivity contribution is 6.30. The average molecular weight is 293 g/mol. The Balaban J connectivity index is 2.36. The molecule has 0 spiro atoms. The van der Waals surface area contributed by atoms with Gasteiger partial charge in [0.15, 0.2) is 0 Å². The maximum Gasteiger partial charge on any atom is 0.408 e. The second-order valence-electron chi connectivity index (χ2n) is 4.73. The minimum atomic E-state index is -4.28. The first-order valence-electron chi connectivity index (χ1n) is 6.17. The van der Waals surface area contributed by atoms with Crippen molar-refractivity contribution in [2.45, 2.75) is 19.1 Å². The molecule has 0 saturated carbocycles. The smallest absolute Gasteiger partial charge is 0.314 e. The van der Waals surface area contributed by atoms with Crippen LogP contribution < -0.4 is 5.32 Å². The lowest BCUT2D eigenvalue weighted by Crippen LogP contribution is -2.49. The van der Waals surface area contributed by atoms with Crippen molar-refractivity contribution in [3.05, 3.63) is 34.3 Å². The van der Waals surface area contributed by atoms with Crippen LogP contribution in [0, 0.1) is 6.92 Å². The van der Waals surface area contributed by atoms with Crippen molar-refractivity contribution < 1.29 is 13.2 Å². The molecule has 0 bridgehead atoms. The van der Waals surface area contributed by atoms with Gasteiger partial charge in [0.2, 0.25) is 0 Å². The third-order valence-electron chi connectivity index (χ3n) is 3.35. The summed E-state index contributed by atoms with van der Waals surface area (Å²) in [6.45, 7) is 3.62. The molecule has 1 saturated heterocycles. The topological polar surface area (TPSA) is 15.3 Å². The fraction of sp³-hybridized carbons (Fsp3) is 0.538. The summed E-state index contributed by atoms with van der Waals surface area (Å²) in [6, 6.07) is 3.03. The Morgan fingerprint density at radius 3 is 2.42 bits per heavy atom. The highest BCUT2D eigenvalue weighted by Crippen LogP contribution is 2.39. The Morgan fingerprint density at radius 2 is 1.89 bits per heavy atom. The van der Waals surface area contributed by atoms with E-state index in [4.69, 9.17) is 11.6 Å². The van der Waals surface area contributed by atoms with E-state index in [1.165, 1.54) is 17.0 Å². The van der Waals surface area contributed by atoms with Crippen molar-refractivity contribution in [1.82, 2.24) is 10.2 Å². The maximum atomic E-state index is 13.4. The van der Waals surface area contributed by atoms with Crippen LogP contribution >= 0.6 is 11.6 Å². The summed E-state index contributed by atoms with van der Waals surface area (Å²) >= 11 is 5.82. The molecule has 2 rings (SSSR count). The Morgan fingerprint density at radius 1 is 1.26 bits per heavy atom. The zero-order valence-corrected chi connectivity index (χ0v) is 11.4. The van der Waals surface area contributed by atoms with E-state index in [0.717, 1.165) is 0 Å². The van der Waals surface area contributed by atoms with Crippen molar-refractivity contribution in [2.75, 3.05) is 26.2 Å². The summed E-state index contributed by atoms with van der Waals surface area (Å²) in [6.07, 6.45) is -4.28. The molecule has 1 aliphatic rings. The predicted molar refractivity (Wildman–Crippen MR) is 69.4 cm³/mol. The van der Waals surface area contributed by atoms with Crippen molar-refractivity contribution >= 4 is 11.6 Å². The van der Waals surface area contributed by atoms with E-state index in [-0.39, 0.29) is 0 Å². The van der Waals surface area contributed by atoms with Crippen LogP contribution in [0.15, 0.2) is 18.2 Å². The molecule has 1 aromatic carbocycles. The zero-order chi connectivity index (χ0) is 14.0. The van der Waals surface area contributed by atoms with Gasteiger partial charge in [0.05, 0.1) is 0 Å². The van der Waals surface area contributed by atoms with Crippen LogP contribution in [-0.4, -0.2) is 37.3 Å². The maximum absolute atomic E-state index is 13.4. The van der Waals surface area contributed by atoms with E-state index in [1.807, 2.05) is 0 Å². The zero-order valence-electron chi connectivity index (χ0n) is 10.6. The molecule has 1 N–H and O–H groups in total. The van der Waals surface area contributed by atoms with Crippen LogP contribution in [0.1, 0.15) is 17.2 Å². The van der Waals surface area contributed by atoms with Crippen LogP contribution in [0.5, 0.6) is 0 Å². The number of rotatable bonds is 2. The van der Waals surface area contributed by atoms with Gasteiger partial charge in [-0.1, -0.05) is 17.7 Å². The van der Waals surface area contributed by atoms with Crippen molar-refractivity contribution in [3.63, 3.8) is 0 Å². The van der Waals surface area contributed by atoms with Crippen molar-refractivity contribution in [3.8, 4) is 0 Å². The van der Waals surface area contributed by atoms with Gasteiger partial charge >= 0.3 is 6.18 Å². The van der Waals surface area contributed by atoms with Crippen LogP contribution in [0.2, 0.25) is 5.02 Å². The van der Waals surface area contributed by atoms with E-state index in [9.17, 15) is 13.2 Å². The molecule has 1 atom stereocenters. The van der Waals surface area contributed by atoms with Gasteiger partial charge in [-0.05, 0) is 30.2 Å². The quantitative estimate of drug-likeness (QED) is 0.901. The molecule has 1 fully saturated rings. The number of hydrogen-bond donors (Lipinski definition) is 1. The predicted octanol–water partition coefficient (Wildman–Crippen LogP) is 3.16. The molecule has 1 aliphatic heterocycles. The summed E-state index contributed by atoms with van der Waals surface area (Å²) in [5.41, 5.74) is 0.868. The molecule has 6 heteroatoms. The number of aryl methyl sites for hydroxylation is 1. The molecule has 0 radical (unpaired) electrons. The van der Waals surface area contributed by atoms with Crippen LogP contribution in [-0.2, 0) is 0 Å². The second kappa shape index (κ2) is 5.69. The molecule has 19 heavy (non-hydrogen) atoms. The molecule has 2 nitrogen and oxygen atoms in total. The van der Waals surface area contributed by atoms with Gasteiger partial charge in [-0.2, -0.15) is 13.2 Å². The number of nitrogens with zero attached hydrogens (tertiary/aromatic N) is 1. The molecule has 106 valence electrons. The van der Waals surface area contributed by atoms with Crippen LogP contribution in [0.25, 0.3) is 0 Å². The number of alkyl halides is 3. The number of halogens is 4. The molecule has 0 aliphatic carbocycles. The van der Waals surface area contributed by atoms with Crippen LogP contribution in [0.3, 0.4) is 0 Å². The third kappa shape index (κ3) is 3.41. The van der Waals surface area contributed by atoms with E-state index in [0.29, 0.717) is 42.3 Å². The van der Waals surface area contributed by atoms with Crippen LogP contribution in [0.4, 0.5) is 13.2 Å². The number of piperazine rings is 1. The SMILES string of the molecule is Cc1cc(Cl)ccc1[C@H](N1CCNCC1)C(F)(F)F. The van der Waals surface area contributed by atoms with Gasteiger partial charge in [-0.25, -0.2) is 0 Å². The molecular weight excluding hydrogens is 277 g/mol. The first-order valence-corrected chi connectivity index (χ1v) is 6.55. The molecular formula is C13H16ClF3N2. The van der Waals surface area contributed by atoms with Gasteiger partial charge in [-0.3, -0.25) is 4.90 Å². The molecule has 1 heterocycles. The fourth-order valence-electron chi connectivity index (χ4n) is 2.47. The summed E-state index contributed by atoms with van der Waals surface area (Å²) in [7, 11) is 0. The number of benzene rings is 1. The van der Waals surface area contributed by atoms with E-state index >= 15 is 0 Å². The molecule has 1 aromatic rings. The lowest BCUT2D eigenvalue weighted by atomic mass is 9.99. The lowest BCUT2D eigenvalue weighted by molar-refractivity contribution is -0.188. The molecule has 0 unspecified atom stereocenters. The minimum absolute atomic E-state index is 0.291. The molecule has 0 amide bonds. The van der Waals surface area contributed by atoms with E-state index < -0.39 is 12.2 Å². The van der Waals surface area contributed by atoms with Gasteiger partial charge < -0.3 is 5.32 Å². The van der Waals surface area contributed by atoms with Gasteiger partial charge in [-0.15, -0.1) is 0 Å². The lowest BCUT2D eigenvalue weighted by Gasteiger charge is -2.36. The highest BCUT2D eigenvalue weighted by Gasteiger charge is 2.45. The standard InChI is InChI=1S/C13H16ClF3N2/c1-9-8-10(14)2-3-11(9)12(13(15,16)17)19-6-4-18-5-7-19/h2-3,8,12,18H,4-7H2,1H3/t12-/m0/s1. The van der Waals surface area contributed by atoms with E-state index in [1.54, 1.807) is 13.0 Å². The largest absolute Gasteiger partial charge is 0.408 e. The number of hydrogen-bond acceptors (Lipinski definition) is 2. The van der Waals surface area contributed by atoms with Crippen molar-refractivity contribution in [2.24, 2.45) is 0 Å². The summed E-state index contributed by atoms with van der Waals surface area (Å²) in [5, 5.41) is 3.53. The molecule has 0 aromatic heterocycles. The van der Waals surface area contributed by atoms with Gasteiger partial charge in [0.25, 0.3) is 0 Å². The summed E-state index contributed by atoms with van der Waals surface area (Å²) in [5.74, 6) is 0. The minimum Gasteiger partial charge on any atom is -0.314 e.